The molecule has 0 atom stereocenters. The number of rotatable bonds is 6. The van der Waals surface area contributed by atoms with Crippen molar-refractivity contribution in [3.05, 3.63) is 33.9 Å². The van der Waals surface area contributed by atoms with Crippen molar-refractivity contribution >= 4 is 17.3 Å². The summed E-state index contributed by atoms with van der Waals surface area (Å²) >= 11 is 0. The van der Waals surface area contributed by atoms with Crippen molar-refractivity contribution in [3.63, 3.8) is 0 Å². The zero-order valence-electron chi connectivity index (χ0n) is 10.9. The van der Waals surface area contributed by atoms with Crippen molar-refractivity contribution < 1.29 is 23.6 Å². The first-order valence-electron chi connectivity index (χ1n) is 5.93. The Morgan fingerprint density at radius 2 is 1.95 bits per heavy atom. The largest absolute Gasteiger partial charge is 0.480 e. The van der Waals surface area contributed by atoms with Crippen LogP contribution in [0.15, 0.2) is 12.1 Å². The standard InChI is InChI=1S/C12H14F2N2O4/c1-3-12(4-2,11(17)18)15-10-8(16(19)20)6-5-7(13)9(10)14/h5-6,15H,3-4H2,1-2H3,(H,17,18). The number of carbonyl (C=O) groups is 1. The Morgan fingerprint density at radius 1 is 1.40 bits per heavy atom. The number of aliphatic carboxylic acids is 1. The topological polar surface area (TPSA) is 92.5 Å². The van der Waals surface area contributed by atoms with Gasteiger partial charge in [0.15, 0.2) is 17.3 Å². The molecule has 0 aliphatic rings. The molecule has 1 rings (SSSR count). The Morgan fingerprint density at radius 3 is 2.35 bits per heavy atom. The molecule has 0 saturated carbocycles. The molecule has 0 bridgehead atoms. The maximum atomic E-state index is 13.8. The molecule has 1 aromatic carbocycles. The molecule has 20 heavy (non-hydrogen) atoms. The quantitative estimate of drug-likeness (QED) is 0.620. The first kappa shape index (κ1) is 15.8. The molecule has 0 saturated heterocycles. The minimum Gasteiger partial charge on any atom is -0.480 e. The zero-order chi connectivity index (χ0) is 15.5. The van der Waals surface area contributed by atoms with Crippen molar-refractivity contribution in [2.75, 3.05) is 5.32 Å². The first-order chi connectivity index (χ1) is 9.29. The van der Waals surface area contributed by atoms with Crippen molar-refractivity contribution in [2.45, 2.75) is 32.2 Å². The van der Waals surface area contributed by atoms with Gasteiger partial charge in [-0.05, 0) is 18.9 Å². The summed E-state index contributed by atoms with van der Waals surface area (Å²) in [7, 11) is 0. The highest BCUT2D eigenvalue weighted by atomic mass is 19.2. The number of benzene rings is 1. The van der Waals surface area contributed by atoms with Crippen LogP contribution in [0.5, 0.6) is 0 Å². The van der Waals surface area contributed by atoms with E-state index in [-0.39, 0.29) is 12.8 Å². The van der Waals surface area contributed by atoms with E-state index in [9.17, 15) is 28.8 Å². The number of carboxylic acids is 1. The predicted molar refractivity (Wildman–Crippen MR) is 67.6 cm³/mol. The number of nitrogens with one attached hydrogen (secondary N) is 1. The highest BCUT2D eigenvalue weighted by Gasteiger charge is 2.38. The van der Waals surface area contributed by atoms with E-state index in [2.05, 4.69) is 5.32 Å². The van der Waals surface area contributed by atoms with Gasteiger partial charge in [0.25, 0.3) is 5.69 Å². The van der Waals surface area contributed by atoms with Crippen LogP contribution >= 0.6 is 0 Å². The fourth-order valence-corrected chi connectivity index (χ4v) is 1.83. The monoisotopic (exact) mass is 288 g/mol. The van der Waals surface area contributed by atoms with Gasteiger partial charge in [0, 0.05) is 6.07 Å². The molecular formula is C12H14F2N2O4. The average Bonchev–Trinajstić information content (AvgIpc) is 2.40. The van der Waals surface area contributed by atoms with Crippen molar-refractivity contribution in [2.24, 2.45) is 0 Å². The fourth-order valence-electron chi connectivity index (χ4n) is 1.83. The van der Waals surface area contributed by atoms with E-state index in [1.807, 2.05) is 0 Å². The van der Waals surface area contributed by atoms with Crippen molar-refractivity contribution in [3.8, 4) is 0 Å². The van der Waals surface area contributed by atoms with Gasteiger partial charge in [-0.15, -0.1) is 0 Å². The number of nitrogens with zero attached hydrogens (tertiary/aromatic N) is 1. The summed E-state index contributed by atoms with van der Waals surface area (Å²) in [6, 6.07) is 1.41. The van der Waals surface area contributed by atoms with E-state index in [1.54, 1.807) is 0 Å². The molecule has 0 spiro atoms. The molecule has 0 amide bonds. The summed E-state index contributed by atoms with van der Waals surface area (Å²) in [5.41, 5.74) is -3.06. The lowest BCUT2D eigenvalue weighted by Gasteiger charge is -2.29. The summed E-state index contributed by atoms with van der Waals surface area (Å²) in [6.07, 6.45) is 0.0951. The molecule has 0 heterocycles. The first-order valence-corrected chi connectivity index (χ1v) is 5.93. The van der Waals surface area contributed by atoms with Gasteiger partial charge in [0.05, 0.1) is 4.92 Å². The molecule has 0 aliphatic heterocycles. The molecule has 0 aliphatic carbocycles. The van der Waals surface area contributed by atoms with E-state index >= 15 is 0 Å². The Labute approximate surface area is 113 Å². The Hall–Kier alpha value is -2.25. The minimum atomic E-state index is -1.60. The van der Waals surface area contributed by atoms with Crippen LogP contribution in [-0.2, 0) is 4.79 Å². The van der Waals surface area contributed by atoms with Gasteiger partial charge in [-0.1, -0.05) is 13.8 Å². The van der Waals surface area contributed by atoms with Crippen molar-refractivity contribution in [1.29, 1.82) is 0 Å². The second-order valence-electron chi connectivity index (χ2n) is 4.23. The van der Waals surface area contributed by atoms with E-state index < -0.39 is 39.4 Å². The summed E-state index contributed by atoms with van der Waals surface area (Å²) in [4.78, 5) is 21.3. The molecule has 0 unspecified atom stereocenters. The van der Waals surface area contributed by atoms with Crippen LogP contribution < -0.4 is 5.32 Å². The number of halogens is 2. The number of carboxylic acid groups (broad SMARTS) is 1. The van der Waals surface area contributed by atoms with Crippen molar-refractivity contribution in [1.82, 2.24) is 0 Å². The summed E-state index contributed by atoms with van der Waals surface area (Å²) < 4.78 is 27.0. The van der Waals surface area contributed by atoms with Gasteiger partial charge in [-0.2, -0.15) is 0 Å². The smallest absolute Gasteiger partial charge is 0.329 e. The Bertz CT molecular complexity index is 545. The SMILES string of the molecule is CCC(CC)(Nc1c([N+](=O)[O-])ccc(F)c1F)C(=O)O. The lowest BCUT2D eigenvalue weighted by atomic mass is 9.92. The van der Waals surface area contributed by atoms with Gasteiger partial charge in [-0.25, -0.2) is 13.6 Å². The highest BCUT2D eigenvalue weighted by molar-refractivity contribution is 5.84. The second-order valence-corrected chi connectivity index (χ2v) is 4.23. The third kappa shape index (κ3) is 2.68. The van der Waals surface area contributed by atoms with E-state index in [0.717, 1.165) is 6.07 Å². The van der Waals surface area contributed by atoms with Crippen LogP contribution in [-0.4, -0.2) is 21.5 Å². The van der Waals surface area contributed by atoms with Gasteiger partial charge in [0.1, 0.15) is 5.54 Å². The average molecular weight is 288 g/mol. The zero-order valence-corrected chi connectivity index (χ0v) is 10.9. The second kappa shape index (κ2) is 5.81. The number of anilines is 1. The van der Waals surface area contributed by atoms with Crippen LogP contribution in [0.2, 0.25) is 0 Å². The maximum absolute atomic E-state index is 13.8. The molecule has 0 radical (unpaired) electrons. The number of hydrogen-bond donors (Lipinski definition) is 2. The molecule has 0 fully saturated rings. The van der Waals surface area contributed by atoms with Crippen LogP contribution in [0.3, 0.4) is 0 Å². The van der Waals surface area contributed by atoms with Gasteiger partial charge < -0.3 is 10.4 Å². The van der Waals surface area contributed by atoms with Gasteiger partial charge in [0.2, 0.25) is 0 Å². The maximum Gasteiger partial charge on any atom is 0.329 e. The molecule has 2 N–H and O–H groups in total. The molecule has 110 valence electrons. The molecule has 0 aromatic heterocycles. The van der Waals surface area contributed by atoms with Crippen LogP contribution in [0.1, 0.15) is 26.7 Å². The van der Waals surface area contributed by atoms with Gasteiger partial charge >= 0.3 is 5.97 Å². The minimum absolute atomic E-state index is 0.0476. The van der Waals surface area contributed by atoms with Gasteiger partial charge in [-0.3, -0.25) is 10.1 Å². The third-order valence-corrected chi connectivity index (χ3v) is 3.25. The molecule has 1 aromatic rings. The van der Waals surface area contributed by atoms with Crippen LogP contribution in [0.4, 0.5) is 20.2 Å². The normalized spacial score (nSPS) is 11.2. The van der Waals surface area contributed by atoms with Crippen LogP contribution in [0, 0.1) is 21.7 Å². The van der Waals surface area contributed by atoms with E-state index in [1.165, 1.54) is 13.8 Å². The van der Waals surface area contributed by atoms with E-state index in [4.69, 9.17) is 0 Å². The summed E-state index contributed by atoms with van der Waals surface area (Å²) in [5, 5.41) is 22.4. The summed E-state index contributed by atoms with van der Waals surface area (Å²) in [6.45, 7) is 3.07. The van der Waals surface area contributed by atoms with E-state index in [0.29, 0.717) is 6.07 Å². The lowest BCUT2D eigenvalue weighted by molar-refractivity contribution is -0.384. The number of nitro benzene ring substituents is 1. The highest BCUT2D eigenvalue weighted by Crippen LogP contribution is 2.33. The predicted octanol–water partition coefficient (Wildman–Crippen LogP) is 2.93. The Kier molecular flexibility index (Phi) is 4.59. The number of nitro groups is 1. The Balaban J connectivity index is 3.42. The van der Waals surface area contributed by atoms with Crippen LogP contribution in [0.25, 0.3) is 0 Å². The number of hydrogen-bond acceptors (Lipinski definition) is 4. The third-order valence-electron chi connectivity index (χ3n) is 3.25. The molecular weight excluding hydrogens is 274 g/mol. The fraction of sp³-hybridized carbons (Fsp3) is 0.417. The molecule has 6 nitrogen and oxygen atoms in total. The summed E-state index contributed by atoms with van der Waals surface area (Å²) in [5.74, 6) is -4.04. The molecule has 8 heteroatoms. The lowest BCUT2D eigenvalue weighted by Crippen LogP contribution is -2.45.